The van der Waals surface area contributed by atoms with Gasteiger partial charge in [-0.2, -0.15) is 0 Å². The quantitative estimate of drug-likeness (QED) is 0.592. The molecule has 0 aromatic carbocycles. The van der Waals surface area contributed by atoms with Gasteiger partial charge in [-0.05, 0) is 25.2 Å². The molecule has 4 amide bonds. The van der Waals surface area contributed by atoms with Gasteiger partial charge in [0, 0.05) is 51.8 Å². The van der Waals surface area contributed by atoms with Gasteiger partial charge in [0.15, 0.2) is 0 Å². The number of aromatic nitrogens is 2. The highest BCUT2D eigenvalue weighted by atomic mass is 16.5. The lowest BCUT2D eigenvalue weighted by Gasteiger charge is -2.42. The molecule has 0 N–H and O–H groups in total. The standard InChI is InChI=1S/C21H31N5O4/c1-16(2)15-26-20(29)25(12-13-30-3)19(28)21(26)6-10-24(11-7-21)18(27)5-4-17-14-22-8-9-23-17/h8-9,14,16H,4-7,10-13,15H2,1-3H3. The number of imide groups is 1. The predicted molar refractivity (Wildman–Crippen MR) is 109 cm³/mol. The Morgan fingerprint density at radius 3 is 2.57 bits per heavy atom. The van der Waals surface area contributed by atoms with E-state index >= 15 is 0 Å². The Balaban J connectivity index is 1.66. The molecule has 0 unspecified atom stereocenters. The van der Waals surface area contributed by atoms with Crippen molar-refractivity contribution in [3.63, 3.8) is 0 Å². The van der Waals surface area contributed by atoms with Crippen molar-refractivity contribution in [1.29, 1.82) is 0 Å². The molecular formula is C21H31N5O4. The lowest BCUT2D eigenvalue weighted by atomic mass is 9.85. The van der Waals surface area contributed by atoms with Crippen molar-refractivity contribution in [2.45, 2.75) is 45.1 Å². The predicted octanol–water partition coefficient (Wildman–Crippen LogP) is 1.34. The number of amides is 4. The van der Waals surface area contributed by atoms with E-state index in [1.54, 1.807) is 35.5 Å². The number of carbonyl (C=O) groups is 3. The summed E-state index contributed by atoms with van der Waals surface area (Å²) in [5.41, 5.74) is -0.0654. The summed E-state index contributed by atoms with van der Waals surface area (Å²) < 4.78 is 5.08. The summed E-state index contributed by atoms with van der Waals surface area (Å²) in [6.45, 7) is 6.09. The van der Waals surface area contributed by atoms with Crippen LogP contribution in [0.5, 0.6) is 0 Å². The Hall–Kier alpha value is -2.55. The number of carbonyl (C=O) groups excluding carboxylic acids is 3. The summed E-state index contributed by atoms with van der Waals surface area (Å²) >= 11 is 0. The summed E-state index contributed by atoms with van der Waals surface area (Å²) in [4.78, 5) is 52.0. The van der Waals surface area contributed by atoms with E-state index in [4.69, 9.17) is 4.74 Å². The number of hydrogen-bond donors (Lipinski definition) is 0. The van der Waals surface area contributed by atoms with Crippen molar-refractivity contribution < 1.29 is 19.1 Å². The molecule has 1 aromatic rings. The largest absolute Gasteiger partial charge is 0.383 e. The minimum absolute atomic E-state index is 0.0407. The Bertz CT molecular complexity index is 762. The van der Waals surface area contributed by atoms with Gasteiger partial charge in [0.2, 0.25) is 5.91 Å². The second kappa shape index (κ2) is 9.51. The van der Waals surface area contributed by atoms with Crippen LogP contribution in [-0.2, 0) is 20.7 Å². The molecule has 0 saturated carbocycles. The van der Waals surface area contributed by atoms with Gasteiger partial charge >= 0.3 is 6.03 Å². The number of nitrogens with zero attached hydrogens (tertiary/aromatic N) is 5. The van der Waals surface area contributed by atoms with Crippen LogP contribution in [0.2, 0.25) is 0 Å². The molecule has 1 aromatic heterocycles. The molecule has 30 heavy (non-hydrogen) atoms. The summed E-state index contributed by atoms with van der Waals surface area (Å²) in [6.07, 6.45) is 6.71. The van der Waals surface area contributed by atoms with E-state index in [0.29, 0.717) is 51.9 Å². The molecule has 0 aliphatic carbocycles. The third-order valence-corrected chi connectivity index (χ3v) is 5.84. The monoisotopic (exact) mass is 417 g/mol. The SMILES string of the molecule is COCCN1C(=O)N(CC(C)C)C2(CCN(C(=O)CCc3cnccn3)CC2)C1=O. The Morgan fingerprint density at radius 1 is 1.23 bits per heavy atom. The van der Waals surface area contributed by atoms with Crippen molar-refractivity contribution in [3.8, 4) is 0 Å². The van der Waals surface area contributed by atoms with E-state index < -0.39 is 5.54 Å². The van der Waals surface area contributed by atoms with E-state index in [9.17, 15) is 14.4 Å². The number of methoxy groups -OCH3 is 1. The van der Waals surface area contributed by atoms with Gasteiger partial charge in [-0.25, -0.2) is 4.79 Å². The second-order valence-electron chi connectivity index (χ2n) is 8.35. The summed E-state index contributed by atoms with van der Waals surface area (Å²) in [6, 6.07) is -0.242. The van der Waals surface area contributed by atoms with Crippen LogP contribution in [0, 0.1) is 5.92 Å². The van der Waals surface area contributed by atoms with Crippen LogP contribution in [0.4, 0.5) is 4.79 Å². The van der Waals surface area contributed by atoms with Crippen LogP contribution in [0.3, 0.4) is 0 Å². The van der Waals surface area contributed by atoms with E-state index in [0.717, 1.165) is 5.69 Å². The average Bonchev–Trinajstić information content (AvgIpc) is 2.93. The first-order valence-corrected chi connectivity index (χ1v) is 10.5. The molecule has 9 nitrogen and oxygen atoms in total. The smallest absolute Gasteiger partial charge is 0.327 e. The minimum atomic E-state index is -0.850. The molecule has 3 heterocycles. The molecule has 3 rings (SSSR count). The highest BCUT2D eigenvalue weighted by Gasteiger charge is 2.57. The van der Waals surface area contributed by atoms with Crippen LogP contribution in [0.25, 0.3) is 0 Å². The van der Waals surface area contributed by atoms with Crippen LogP contribution >= 0.6 is 0 Å². The third kappa shape index (κ3) is 4.45. The topological polar surface area (TPSA) is 95.9 Å². The second-order valence-corrected chi connectivity index (χ2v) is 8.35. The fourth-order valence-electron chi connectivity index (χ4n) is 4.24. The normalized spacial score (nSPS) is 18.7. The fraction of sp³-hybridized carbons (Fsp3) is 0.667. The van der Waals surface area contributed by atoms with Gasteiger partial charge < -0.3 is 14.5 Å². The summed E-state index contributed by atoms with van der Waals surface area (Å²) in [7, 11) is 1.55. The molecule has 0 atom stereocenters. The molecule has 2 saturated heterocycles. The van der Waals surface area contributed by atoms with Crippen LogP contribution in [0.1, 0.15) is 38.8 Å². The first-order chi connectivity index (χ1) is 14.4. The van der Waals surface area contributed by atoms with Crippen molar-refractivity contribution in [2.75, 3.05) is 39.9 Å². The maximum atomic E-state index is 13.3. The van der Waals surface area contributed by atoms with Crippen LogP contribution < -0.4 is 0 Å². The van der Waals surface area contributed by atoms with Crippen molar-refractivity contribution in [3.05, 3.63) is 24.3 Å². The molecular weight excluding hydrogens is 386 g/mol. The number of piperidine rings is 1. The molecule has 2 aliphatic heterocycles. The average molecular weight is 418 g/mol. The fourth-order valence-corrected chi connectivity index (χ4v) is 4.24. The Kier molecular flexibility index (Phi) is 7.02. The highest BCUT2D eigenvalue weighted by Crippen LogP contribution is 2.38. The lowest BCUT2D eigenvalue weighted by molar-refractivity contribution is -0.141. The number of urea groups is 1. The van der Waals surface area contributed by atoms with E-state index in [1.165, 1.54) is 4.90 Å². The van der Waals surface area contributed by atoms with Gasteiger partial charge in [0.25, 0.3) is 5.91 Å². The summed E-state index contributed by atoms with van der Waals surface area (Å²) in [5.74, 6) is 0.128. The molecule has 164 valence electrons. The number of rotatable bonds is 8. The van der Waals surface area contributed by atoms with Gasteiger partial charge in [0.1, 0.15) is 5.54 Å². The van der Waals surface area contributed by atoms with E-state index in [1.807, 2.05) is 13.8 Å². The molecule has 9 heteroatoms. The molecule has 2 aliphatic rings. The Morgan fingerprint density at radius 2 is 1.97 bits per heavy atom. The van der Waals surface area contributed by atoms with Crippen molar-refractivity contribution in [1.82, 2.24) is 24.7 Å². The number of likely N-dealkylation sites (tertiary alicyclic amines) is 1. The number of ether oxygens (including phenoxy) is 1. The molecule has 0 bridgehead atoms. The van der Waals surface area contributed by atoms with Crippen molar-refractivity contribution >= 4 is 17.8 Å². The zero-order valence-electron chi connectivity index (χ0n) is 18.0. The van der Waals surface area contributed by atoms with Crippen LogP contribution in [-0.4, -0.2) is 87.9 Å². The number of aryl methyl sites for hydroxylation is 1. The first kappa shape index (κ1) is 22.1. The van der Waals surface area contributed by atoms with Gasteiger partial charge in [0.05, 0.1) is 18.8 Å². The zero-order chi connectivity index (χ0) is 21.7. The maximum absolute atomic E-state index is 13.3. The van der Waals surface area contributed by atoms with Gasteiger partial charge in [-0.15, -0.1) is 0 Å². The van der Waals surface area contributed by atoms with E-state index in [2.05, 4.69) is 9.97 Å². The lowest BCUT2D eigenvalue weighted by Crippen LogP contribution is -2.58. The summed E-state index contributed by atoms with van der Waals surface area (Å²) in [5, 5.41) is 0. The third-order valence-electron chi connectivity index (χ3n) is 5.84. The molecule has 1 spiro atoms. The molecule has 0 radical (unpaired) electrons. The first-order valence-electron chi connectivity index (χ1n) is 10.5. The Labute approximate surface area is 177 Å². The minimum Gasteiger partial charge on any atom is -0.383 e. The van der Waals surface area contributed by atoms with E-state index in [-0.39, 0.29) is 30.3 Å². The molecule has 2 fully saturated rings. The van der Waals surface area contributed by atoms with Gasteiger partial charge in [-0.3, -0.25) is 24.5 Å². The maximum Gasteiger partial charge on any atom is 0.327 e. The van der Waals surface area contributed by atoms with Gasteiger partial charge in [-0.1, -0.05) is 13.8 Å². The van der Waals surface area contributed by atoms with Crippen molar-refractivity contribution in [2.24, 2.45) is 5.92 Å². The number of hydrogen-bond acceptors (Lipinski definition) is 6. The highest BCUT2D eigenvalue weighted by molar-refractivity contribution is 6.07. The zero-order valence-corrected chi connectivity index (χ0v) is 18.0. The van der Waals surface area contributed by atoms with Crippen LogP contribution in [0.15, 0.2) is 18.6 Å².